The average molecular weight is 366 g/mol. The van der Waals surface area contributed by atoms with Crippen molar-refractivity contribution in [2.45, 2.75) is 19.8 Å². The summed E-state index contributed by atoms with van der Waals surface area (Å²) in [5.74, 6) is -0.535. The summed E-state index contributed by atoms with van der Waals surface area (Å²) in [7, 11) is 0. The van der Waals surface area contributed by atoms with E-state index in [0.29, 0.717) is 22.6 Å². The van der Waals surface area contributed by atoms with E-state index < -0.39 is 0 Å². The molecule has 27 heavy (non-hydrogen) atoms. The predicted molar refractivity (Wildman–Crippen MR) is 105 cm³/mol. The van der Waals surface area contributed by atoms with E-state index in [1.165, 1.54) is 6.92 Å². The Labute approximate surface area is 157 Å². The summed E-state index contributed by atoms with van der Waals surface area (Å²) < 4.78 is 0. The number of hydrogen-bond donors (Lipinski definition) is 3. The highest BCUT2D eigenvalue weighted by Gasteiger charge is 2.19. The minimum atomic E-state index is -0.329. The third kappa shape index (κ3) is 4.84. The number of amides is 4. The lowest BCUT2D eigenvalue weighted by Crippen LogP contribution is -2.32. The van der Waals surface area contributed by atoms with Crippen molar-refractivity contribution in [3.8, 4) is 0 Å². The van der Waals surface area contributed by atoms with Crippen LogP contribution in [0.4, 0.5) is 21.9 Å². The molecule has 0 aromatic heterocycles. The number of carbonyl (C=O) groups excluding carboxylic acids is 3. The molecular formula is C20H22N4O3. The number of nitrogens with one attached hydrogen (secondary N) is 3. The van der Waals surface area contributed by atoms with Crippen LogP contribution in [0.1, 0.15) is 30.1 Å². The summed E-state index contributed by atoms with van der Waals surface area (Å²) in [6.07, 6.45) is 2.02. The van der Waals surface area contributed by atoms with Gasteiger partial charge in [-0.2, -0.15) is 0 Å². The van der Waals surface area contributed by atoms with Crippen LogP contribution in [0, 0.1) is 0 Å². The summed E-state index contributed by atoms with van der Waals surface area (Å²) in [4.78, 5) is 37.9. The maximum Gasteiger partial charge on any atom is 0.321 e. The topological polar surface area (TPSA) is 90.5 Å². The lowest BCUT2D eigenvalue weighted by molar-refractivity contribution is -0.114. The average Bonchev–Trinajstić information content (AvgIpc) is 3.18. The van der Waals surface area contributed by atoms with Gasteiger partial charge in [0.05, 0.1) is 11.4 Å². The number of hydrogen-bond acceptors (Lipinski definition) is 3. The van der Waals surface area contributed by atoms with Crippen molar-refractivity contribution in [3.63, 3.8) is 0 Å². The Morgan fingerprint density at radius 3 is 2.19 bits per heavy atom. The first-order valence-electron chi connectivity index (χ1n) is 8.87. The van der Waals surface area contributed by atoms with Gasteiger partial charge in [-0.05, 0) is 43.2 Å². The Kier molecular flexibility index (Phi) is 5.71. The number of carbonyl (C=O) groups is 3. The first-order chi connectivity index (χ1) is 13.0. The van der Waals surface area contributed by atoms with E-state index >= 15 is 0 Å². The largest absolute Gasteiger partial charge is 0.326 e. The Morgan fingerprint density at radius 1 is 0.852 bits per heavy atom. The SMILES string of the molecule is CC(=O)Nc1cccc(C(=O)Nc2ccccc2NC(=O)N2CCCC2)c1. The molecule has 1 fully saturated rings. The van der Waals surface area contributed by atoms with Crippen LogP contribution in [-0.4, -0.2) is 35.8 Å². The van der Waals surface area contributed by atoms with Gasteiger partial charge >= 0.3 is 6.03 Å². The van der Waals surface area contributed by atoms with Crippen molar-refractivity contribution in [3.05, 3.63) is 54.1 Å². The van der Waals surface area contributed by atoms with Crippen LogP contribution in [0.15, 0.2) is 48.5 Å². The van der Waals surface area contributed by atoms with Crippen LogP contribution in [0.3, 0.4) is 0 Å². The van der Waals surface area contributed by atoms with E-state index in [1.807, 2.05) is 0 Å². The first kappa shape index (κ1) is 18.4. The zero-order chi connectivity index (χ0) is 19.2. The molecule has 0 bridgehead atoms. The van der Waals surface area contributed by atoms with Gasteiger partial charge in [0.2, 0.25) is 5.91 Å². The fraction of sp³-hybridized carbons (Fsp3) is 0.250. The molecule has 0 radical (unpaired) electrons. The normalized spacial score (nSPS) is 13.1. The molecule has 1 heterocycles. The fourth-order valence-corrected chi connectivity index (χ4v) is 2.95. The summed E-state index contributed by atoms with van der Waals surface area (Å²) in [6, 6.07) is 13.6. The van der Waals surface area contributed by atoms with E-state index in [4.69, 9.17) is 0 Å². The van der Waals surface area contributed by atoms with Gasteiger partial charge in [-0.25, -0.2) is 4.79 Å². The summed E-state index contributed by atoms with van der Waals surface area (Å²) in [5, 5.41) is 8.33. The molecule has 4 amide bonds. The van der Waals surface area contributed by atoms with Gasteiger partial charge in [-0.3, -0.25) is 9.59 Å². The smallest absolute Gasteiger partial charge is 0.321 e. The summed E-state index contributed by atoms with van der Waals surface area (Å²) in [6.45, 7) is 2.90. The number of benzene rings is 2. The van der Waals surface area contributed by atoms with Crippen molar-refractivity contribution < 1.29 is 14.4 Å². The molecule has 0 aliphatic carbocycles. The molecule has 3 N–H and O–H groups in total. The van der Waals surface area contributed by atoms with Crippen LogP contribution < -0.4 is 16.0 Å². The molecule has 3 rings (SSSR count). The van der Waals surface area contributed by atoms with Crippen molar-refractivity contribution >= 4 is 34.9 Å². The second-order valence-electron chi connectivity index (χ2n) is 6.39. The lowest BCUT2D eigenvalue weighted by Gasteiger charge is -2.18. The third-order valence-corrected chi connectivity index (χ3v) is 4.26. The number of rotatable bonds is 4. The zero-order valence-electron chi connectivity index (χ0n) is 15.1. The summed E-state index contributed by atoms with van der Waals surface area (Å²) in [5.41, 5.74) is 2.01. The van der Waals surface area contributed by atoms with Gasteiger partial charge in [0.25, 0.3) is 5.91 Å². The van der Waals surface area contributed by atoms with E-state index in [9.17, 15) is 14.4 Å². The molecule has 0 saturated carbocycles. The second kappa shape index (κ2) is 8.35. The van der Waals surface area contributed by atoms with Crippen LogP contribution in [0.5, 0.6) is 0 Å². The predicted octanol–water partition coefficient (Wildman–Crippen LogP) is 3.53. The molecule has 2 aromatic carbocycles. The lowest BCUT2D eigenvalue weighted by atomic mass is 10.1. The third-order valence-electron chi connectivity index (χ3n) is 4.26. The van der Waals surface area contributed by atoms with Crippen LogP contribution in [0.25, 0.3) is 0 Å². The van der Waals surface area contributed by atoms with E-state index in [2.05, 4.69) is 16.0 Å². The number of para-hydroxylation sites is 2. The van der Waals surface area contributed by atoms with Gasteiger partial charge in [0, 0.05) is 31.3 Å². The quantitative estimate of drug-likeness (QED) is 0.773. The highest BCUT2D eigenvalue weighted by molar-refractivity contribution is 6.07. The summed E-state index contributed by atoms with van der Waals surface area (Å²) >= 11 is 0. The number of likely N-dealkylation sites (tertiary alicyclic amines) is 1. The van der Waals surface area contributed by atoms with Crippen molar-refractivity contribution in [2.24, 2.45) is 0 Å². The van der Waals surface area contributed by atoms with Gasteiger partial charge in [0.15, 0.2) is 0 Å². The monoisotopic (exact) mass is 366 g/mol. The van der Waals surface area contributed by atoms with E-state index in [1.54, 1.807) is 53.4 Å². The molecule has 7 heteroatoms. The van der Waals surface area contributed by atoms with Gasteiger partial charge in [-0.1, -0.05) is 18.2 Å². The minimum Gasteiger partial charge on any atom is -0.326 e. The number of anilines is 3. The van der Waals surface area contributed by atoms with Gasteiger partial charge < -0.3 is 20.9 Å². The van der Waals surface area contributed by atoms with Crippen molar-refractivity contribution in [1.29, 1.82) is 0 Å². The molecular weight excluding hydrogens is 344 g/mol. The standard InChI is InChI=1S/C20H22N4O3/c1-14(25)21-16-8-6-7-15(13-16)19(26)22-17-9-2-3-10-18(17)23-20(27)24-11-4-5-12-24/h2-3,6-10,13H,4-5,11-12H2,1H3,(H,21,25)(H,22,26)(H,23,27). The van der Waals surface area contributed by atoms with Crippen molar-refractivity contribution in [1.82, 2.24) is 4.90 Å². The molecule has 0 atom stereocenters. The maximum absolute atomic E-state index is 12.6. The second-order valence-corrected chi connectivity index (χ2v) is 6.39. The Bertz CT molecular complexity index is 860. The van der Waals surface area contributed by atoms with E-state index in [0.717, 1.165) is 25.9 Å². The van der Waals surface area contributed by atoms with Crippen molar-refractivity contribution in [2.75, 3.05) is 29.0 Å². The molecule has 1 saturated heterocycles. The van der Waals surface area contributed by atoms with Crippen LogP contribution in [0.2, 0.25) is 0 Å². The first-order valence-corrected chi connectivity index (χ1v) is 8.87. The molecule has 1 aliphatic heterocycles. The zero-order valence-corrected chi connectivity index (χ0v) is 15.1. The number of nitrogens with zero attached hydrogens (tertiary/aromatic N) is 1. The molecule has 2 aromatic rings. The fourth-order valence-electron chi connectivity index (χ4n) is 2.95. The molecule has 7 nitrogen and oxygen atoms in total. The van der Waals surface area contributed by atoms with Crippen LogP contribution >= 0.6 is 0 Å². The number of urea groups is 1. The molecule has 1 aliphatic rings. The highest BCUT2D eigenvalue weighted by atomic mass is 16.2. The molecule has 140 valence electrons. The van der Waals surface area contributed by atoms with Gasteiger partial charge in [-0.15, -0.1) is 0 Å². The highest BCUT2D eigenvalue weighted by Crippen LogP contribution is 2.23. The van der Waals surface area contributed by atoms with Crippen LogP contribution in [-0.2, 0) is 4.79 Å². The Balaban J connectivity index is 1.72. The maximum atomic E-state index is 12.6. The van der Waals surface area contributed by atoms with E-state index in [-0.39, 0.29) is 17.8 Å². The molecule has 0 spiro atoms. The minimum absolute atomic E-state index is 0.165. The molecule has 0 unspecified atom stereocenters. The Hall–Kier alpha value is -3.35. The van der Waals surface area contributed by atoms with Gasteiger partial charge in [0.1, 0.15) is 0 Å². The Morgan fingerprint density at radius 2 is 1.52 bits per heavy atom.